The number of primary amides is 1. The van der Waals surface area contributed by atoms with Crippen LogP contribution in [0.2, 0.25) is 0 Å². The first-order valence-corrected chi connectivity index (χ1v) is 6.60. The van der Waals surface area contributed by atoms with Crippen molar-refractivity contribution < 1.29 is 9.59 Å². The van der Waals surface area contributed by atoms with E-state index >= 15 is 0 Å². The van der Waals surface area contributed by atoms with E-state index in [2.05, 4.69) is 0 Å². The zero-order valence-corrected chi connectivity index (χ0v) is 10.7. The molecule has 2 heterocycles. The van der Waals surface area contributed by atoms with Gasteiger partial charge in [0.2, 0.25) is 0 Å². The van der Waals surface area contributed by atoms with E-state index < -0.39 is 6.03 Å². The highest BCUT2D eigenvalue weighted by Gasteiger charge is 2.35. The number of carbonyl (C=O) groups is 2. The summed E-state index contributed by atoms with van der Waals surface area (Å²) in [4.78, 5) is 27.1. The Bertz CT molecular complexity index is 529. The lowest BCUT2D eigenvalue weighted by Gasteiger charge is -2.36. The molecule has 0 saturated carbocycles. The molecule has 19 heavy (non-hydrogen) atoms. The summed E-state index contributed by atoms with van der Waals surface area (Å²) < 4.78 is 0. The first kappa shape index (κ1) is 12.0. The minimum absolute atomic E-state index is 0.0759. The smallest absolute Gasteiger partial charge is 0.314 e. The normalized spacial score (nSPS) is 22.5. The first-order valence-electron chi connectivity index (χ1n) is 6.60. The standard InChI is InChI=1S/C14H17N3O2/c15-14(19)16-7-3-5-11(9-16)17-8-10-4-1-2-6-12(10)13(17)18/h1-2,4,6,11H,3,5,7-9H2,(H2,15,19). The number of amides is 3. The van der Waals surface area contributed by atoms with E-state index in [1.807, 2.05) is 29.2 Å². The lowest BCUT2D eigenvalue weighted by molar-refractivity contribution is 0.0605. The number of nitrogens with two attached hydrogens (primary N) is 1. The van der Waals surface area contributed by atoms with Crippen LogP contribution >= 0.6 is 0 Å². The van der Waals surface area contributed by atoms with E-state index in [4.69, 9.17) is 5.73 Å². The van der Waals surface area contributed by atoms with Crippen LogP contribution in [0.25, 0.3) is 0 Å². The molecule has 0 bridgehead atoms. The number of hydrogen-bond acceptors (Lipinski definition) is 2. The number of benzene rings is 1. The number of fused-ring (bicyclic) bond motifs is 1. The predicted molar refractivity (Wildman–Crippen MR) is 70.5 cm³/mol. The van der Waals surface area contributed by atoms with Crippen LogP contribution in [0, 0.1) is 0 Å². The largest absolute Gasteiger partial charge is 0.351 e. The molecule has 0 aliphatic carbocycles. The van der Waals surface area contributed by atoms with Gasteiger partial charge in [0.1, 0.15) is 0 Å². The zero-order valence-electron chi connectivity index (χ0n) is 10.7. The van der Waals surface area contributed by atoms with E-state index in [1.54, 1.807) is 4.90 Å². The maximum atomic E-state index is 12.4. The van der Waals surface area contributed by atoms with Gasteiger partial charge in [-0.2, -0.15) is 0 Å². The Morgan fingerprint density at radius 1 is 1.32 bits per heavy atom. The molecule has 5 nitrogen and oxygen atoms in total. The number of urea groups is 1. The minimum Gasteiger partial charge on any atom is -0.351 e. The summed E-state index contributed by atoms with van der Waals surface area (Å²) in [6, 6.07) is 7.38. The number of rotatable bonds is 1. The Morgan fingerprint density at radius 2 is 2.11 bits per heavy atom. The van der Waals surface area contributed by atoms with Crippen molar-refractivity contribution in [1.82, 2.24) is 9.80 Å². The molecule has 2 N–H and O–H groups in total. The second-order valence-corrected chi connectivity index (χ2v) is 5.17. The molecule has 5 heteroatoms. The third-order valence-electron chi connectivity index (χ3n) is 4.00. The quantitative estimate of drug-likeness (QED) is 0.823. The molecule has 3 rings (SSSR count). The van der Waals surface area contributed by atoms with Gasteiger partial charge in [-0.05, 0) is 24.5 Å². The molecule has 0 aromatic heterocycles. The van der Waals surface area contributed by atoms with Gasteiger partial charge in [0.05, 0.1) is 6.04 Å². The number of carbonyl (C=O) groups excluding carboxylic acids is 2. The molecule has 1 aromatic carbocycles. The minimum atomic E-state index is -0.395. The Morgan fingerprint density at radius 3 is 2.84 bits per heavy atom. The van der Waals surface area contributed by atoms with Crippen LogP contribution in [-0.2, 0) is 6.54 Å². The maximum absolute atomic E-state index is 12.4. The Labute approximate surface area is 112 Å². The third kappa shape index (κ3) is 2.05. The summed E-state index contributed by atoms with van der Waals surface area (Å²) in [6.07, 6.45) is 1.83. The van der Waals surface area contributed by atoms with Gasteiger partial charge < -0.3 is 15.5 Å². The second kappa shape index (κ2) is 4.57. The zero-order chi connectivity index (χ0) is 13.4. The van der Waals surface area contributed by atoms with E-state index in [9.17, 15) is 9.59 Å². The first-order chi connectivity index (χ1) is 9.16. The Kier molecular flexibility index (Phi) is 2.89. The fourth-order valence-corrected chi connectivity index (χ4v) is 2.98. The topological polar surface area (TPSA) is 66.6 Å². The van der Waals surface area contributed by atoms with Crippen LogP contribution in [0.15, 0.2) is 24.3 Å². The van der Waals surface area contributed by atoms with Crippen molar-refractivity contribution in [3.63, 3.8) is 0 Å². The van der Waals surface area contributed by atoms with E-state index in [-0.39, 0.29) is 11.9 Å². The van der Waals surface area contributed by atoms with Crippen LogP contribution in [-0.4, -0.2) is 40.9 Å². The van der Waals surface area contributed by atoms with Crippen molar-refractivity contribution in [2.24, 2.45) is 5.73 Å². The molecule has 1 aromatic rings. The van der Waals surface area contributed by atoms with Crippen molar-refractivity contribution in [1.29, 1.82) is 0 Å². The van der Waals surface area contributed by atoms with Gasteiger partial charge >= 0.3 is 6.03 Å². The van der Waals surface area contributed by atoms with E-state index in [1.165, 1.54) is 0 Å². The fourth-order valence-electron chi connectivity index (χ4n) is 2.98. The van der Waals surface area contributed by atoms with Gasteiger partial charge in [0.15, 0.2) is 0 Å². The number of piperidine rings is 1. The average molecular weight is 259 g/mol. The molecule has 2 aliphatic rings. The molecule has 1 unspecified atom stereocenters. The maximum Gasteiger partial charge on any atom is 0.314 e. The molecule has 1 saturated heterocycles. The van der Waals surface area contributed by atoms with Gasteiger partial charge in [0, 0.05) is 25.2 Å². The molecule has 0 spiro atoms. The summed E-state index contributed by atoms with van der Waals surface area (Å²) >= 11 is 0. The molecule has 2 aliphatic heterocycles. The SMILES string of the molecule is NC(=O)N1CCCC(N2Cc3ccccc3C2=O)C1. The third-order valence-corrected chi connectivity index (χ3v) is 4.00. The molecule has 100 valence electrons. The summed E-state index contributed by atoms with van der Waals surface area (Å²) in [7, 11) is 0. The summed E-state index contributed by atoms with van der Waals surface area (Å²) in [5.74, 6) is 0.0759. The lowest BCUT2D eigenvalue weighted by atomic mass is 10.0. The highest BCUT2D eigenvalue weighted by molar-refractivity contribution is 5.98. The molecule has 1 fully saturated rings. The molecular formula is C14H17N3O2. The molecule has 0 radical (unpaired) electrons. The molecule has 3 amide bonds. The summed E-state index contributed by atoms with van der Waals surface area (Å²) in [6.45, 7) is 1.89. The van der Waals surface area contributed by atoms with Crippen molar-refractivity contribution in [2.45, 2.75) is 25.4 Å². The Hall–Kier alpha value is -2.04. The van der Waals surface area contributed by atoms with Gasteiger partial charge in [-0.3, -0.25) is 4.79 Å². The van der Waals surface area contributed by atoms with Crippen LogP contribution in [0.4, 0.5) is 4.79 Å². The van der Waals surface area contributed by atoms with Gasteiger partial charge in [-0.1, -0.05) is 18.2 Å². The average Bonchev–Trinajstić information content (AvgIpc) is 2.77. The number of likely N-dealkylation sites (tertiary alicyclic amines) is 1. The van der Waals surface area contributed by atoms with Crippen molar-refractivity contribution >= 4 is 11.9 Å². The highest BCUT2D eigenvalue weighted by atomic mass is 16.2. The monoisotopic (exact) mass is 259 g/mol. The van der Waals surface area contributed by atoms with Crippen molar-refractivity contribution in [3.8, 4) is 0 Å². The van der Waals surface area contributed by atoms with Crippen LogP contribution in [0.5, 0.6) is 0 Å². The highest BCUT2D eigenvalue weighted by Crippen LogP contribution is 2.27. The van der Waals surface area contributed by atoms with Gasteiger partial charge in [0.25, 0.3) is 5.91 Å². The van der Waals surface area contributed by atoms with Gasteiger partial charge in [-0.25, -0.2) is 4.79 Å². The van der Waals surface area contributed by atoms with Crippen molar-refractivity contribution in [3.05, 3.63) is 35.4 Å². The van der Waals surface area contributed by atoms with Crippen LogP contribution < -0.4 is 5.73 Å². The number of nitrogens with zero attached hydrogens (tertiary/aromatic N) is 2. The summed E-state index contributed by atoms with van der Waals surface area (Å²) in [5.41, 5.74) is 7.19. The van der Waals surface area contributed by atoms with Gasteiger partial charge in [-0.15, -0.1) is 0 Å². The second-order valence-electron chi connectivity index (χ2n) is 5.17. The lowest BCUT2D eigenvalue weighted by Crippen LogP contribution is -2.51. The molecule has 1 atom stereocenters. The van der Waals surface area contributed by atoms with Crippen LogP contribution in [0.1, 0.15) is 28.8 Å². The van der Waals surface area contributed by atoms with E-state index in [0.29, 0.717) is 19.6 Å². The number of hydrogen-bond donors (Lipinski definition) is 1. The van der Waals surface area contributed by atoms with E-state index in [0.717, 1.165) is 24.0 Å². The van der Waals surface area contributed by atoms with Crippen molar-refractivity contribution in [2.75, 3.05) is 13.1 Å². The predicted octanol–water partition coefficient (Wildman–Crippen LogP) is 1.19. The Balaban J connectivity index is 1.78. The fraction of sp³-hybridized carbons (Fsp3) is 0.429. The summed E-state index contributed by atoms with van der Waals surface area (Å²) in [5, 5.41) is 0. The van der Waals surface area contributed by atoms with Crippen LogP contribution in [0.3, 0.4) is 0 Å². The molecular weight excluding hydrogens is 242 g/mol.